The number of hydrogen-bond acceptors (Lipinski definition) is 6. The molecule has 2 aliphatic carbocycles. The molecule has 5 aliphatic rings. The molecular weight excluding hydrogens is 491 g/mol. The Morgan fingerprint density at radius 2 is 1.92 bits per heavy atom. The molecular formula is C28H33FN4O5. The largest absolute Gasteiger partial charge is 0.393 e. The molecule has 3 N–H and O–H groups in total. The van der Waals surface area contributed by atoms with Crippen molar-refractivity contribution in [3.63, 3.8) is 0 Å². The number of ether oxygens (including phenoxy) is 2. The van der Waals surface area contributed by atoms with Crippen molar-refractivity contribution in [2.45, 2.75) is 75.5 Å². The minimum absolute atomic E-state index is 0.0177. The topological polar surface area (TPSA) is 103 Å². The van der Waals surface area contributed by atoms with Crippen LogP contribution in [0.3, 0.4) is 0 Å². The number of fused-ring (bicyclic) bond motifs is 1. The number of hydrogen-bond donors (Lipinski definition) is 3. The fourth-order valence-corrected chi connectivity index (χ4v) is 6.33. The highest BCUT2D eigenvalue weighted by Crippen LogP contribution is 2.56. The van der Waals surface area contributed by atoms with Crippen molar-refractivity contribution in [2.75, 3.05) is 18.9 Å². The van der Waals surface area contributed by atoms with E-state index in [-0.39, 0.29) is 42.7 Å². The third kappa shape index (κ3) is 4.45. The minimum Gasteiger partial charge on any atom is -0.393 e. The lowest BCUT2D eigenvalue weighted by Crippen LogP contribution is -2.59. The van der Waals surface area contributed by atoms with Crippen LogP contribution in [0.15, 0.2) is 42.5 Å². The van der Waals surface area contributed by atoms with E-state index in [2.05, 4.69) is 10.6 Å². The van der Waals surface area contributed by atoms with Gasteiger partial charge in [0.1, 0.15) is 11.4 Å². The lowest BCUT2D eigenvalue weighted by molar-refractivity contribution is -0.285. The first-order chi connectivity index (χ1) is 18.4. The van der Waals surface area contributed by atoms with Crippen LogP contribution in [0.25, 0.3) is 0 Å². The molecule has 1 saturated carbocycles. The summed E-state index contributed by atoms with van der Waals surface area (Å²) in [6, 6.07) is 11.8. The summed E-state index contributed by atoms with van der Waals surface area (Å²) < 4.78 is 25.9. The Labute approximate surface area is 220 Å². The number of nitrogens with one attached hydrogen (secondary N) is 2. The molecule has 38 heavy (non-hydrogen) atoms. The maximum absolute atomic E-state index is 13.7. The number of aliphatic hydroxyl groups is 1. The Morgan fingerprint density at radius 3 is 2.66 bits per heavy atom. The highest BCUT2D eigenvalue weighted by Gasteiger charge is 2.66. The maximum atomic E-state index is 13.7. The maximum Gasteiger partial charge on any atom is 0.318 e. The van der Waals surface area contributed by atoms with Crippen LogP contribution in [-0.2, 0) is 32.8 Å². The number of nitrogens with zero attached hydrogens (tertiary/aromatic N) is 2. The Bertz CT molecular complexity index is 1220. The Balaban J connectivity index is 1.18. The molecule has 3 heterocycles. The molecule has 0 radical (unpaired) electrons. The van der Waals surface area contributed by atoms with Gasteiger partial charge in [0, 0.05) is 25.3 Å². The number of carbonyl (C=O) groups excluding carboxylic acids is 2. The fraction of sp³-hybridized carbons (Fsp3) is 0.500. The normalized spacial score (nSPS) is 29.6. The van der Waals surface area contributed by atoms with E-state index in [1.165, 1.54) is 12.1 Å². The zero-order valence-electron chi connectivity index (χ0n) is 21.4. The first-order valence-corrected chi connectivity index (χ1v) is 13.3. The molecule has 3 saturated heterocycles. The van der Waals surface area contributed by atoms with E-state index in [4.69, 9.17) is 9.47 Å². The van der Waals surface area contributed by atoms with Crippen molar-refractivity contribution in [3.05, 3.63) is 65.0 Å². The number of halogens is 1. The molecule has 2 bridgehead atoms. The van der Waals surface area contributed by atoms with E-state index in [1.54, 1.807) is 19.2 Å². The lowest BCUT2D eigenvalue weighted by atomic mass is 9.91. The van der Waals surface area contributed by atoms with Crippen molar-refractivity contribution >= 4 is 17.6 Å². The van der Waals surface area contributed by atoms with Gasteiger partial charge in [-0.1, -0.05) is 18.2 Å². The van der Waals surface area contributed by atoms with Gasteiger partial charge >= 0.3 is 6.03 Å². The summed E-state index contributed by atoms with van der Waals surface area (Å²) in [6.45, 7) is 0.544. The van der Waals surface area contributed by atoms with Crippen molar-refractivity contribution < 1.29 is 28.6 Å². The van der Waals surface area contributed by atoms with Crippen LogP contribution in [0.5, 0.6) is 0 Å². The molecule has 1 unspecified atom stereocenters. The SMILES string of the molecule is CNC(=O)Nc1ccc2c(c1)CC[C@@]21O[C@@H]2OC1N2CC(=O)N(Cc1ccc(F)cc1)C1CCC(O)CC1. The lowest BCUT2D eigenvalue weighted by Gasteiger charge is -2.42. The summed E-state index contributed by atoms with van der Waals surface area (Å²) in [6.07, 6.45) is 3.04. The molecule has 3 atom stereocenters. The van der Waals surface area contributed by atoms with Crippen LogP contribution < -0.4 is 10.6 Å². The van der Waals surface area contributed by atoms with Crippen LogP contribution >= 0.6 is 0 Å². The average molecular weight is 525 g/mol. The summed E-state index contributed by atoms with van der Waals surface area (Å²) in [5.41, 5.74) is 3.08. The fourth-order valence-electron chi connectivity index (χ4n) is 6.33. The third-order valence-corrected chi connectivity index (χ3v) is 8.35. The molecule has 2 aromatic carbocycles. The van der Waals surface area contributed by atoms with Crippen LogP contribution in [0.4, 0.5) is 14.9 Å². The molecule has 3 aliphatic heterocycles. The smallest absolute Gasteiger partial charge is 0.318 e. The highest BCUT2D eigenvalue weighted by molar-refractivity contribution is 5.89. The average Bonchev–Trinajstić information content (AvgIpc) is 3.58. The Hall–Kier alpha value is -3.05. The monoisotopic (exact) mass is 524 g/mol. The van der Waals surface area contributed by atoms with Gasteiger partial charge in [0.15, 0.2) is 6.23 Å². The van der Waals surface area contributed by atoms with Gasteiger partial charge in [0.25, 0.3) is 0 Å². The molecule has 2 aromatic rings. The first-order valence-electron chi connectivity index (χ1n) is 13.3. The molecule has 7 rings (SSSR count). The van der Waals surface area contributed by atoms with Crippen molar-refractivity contribution in [1.29, 1.82) is 0 Å². The quantitative estimate of drug-likeness (QED) is 0.537. The summed E-state index contributed by atoms with van der Waals surface area (Å²) in [4.78, 5) is 29.3. The summed E-state index contributed by atoms with van der Waals surface area (Å²) in [5.74, 6) is -0.337. The summed E-state index contributed by atoms with van der Waals surface area (Å²) in [5, 5.41) is 15.4. The number of amides is 3. The van der Waals surface area contributed by atoms with Crippen molar-refractivity contribution in [1.82, 2.24) is 15.1 Å². The number of rotatable bonds is 6. The number of carbonyl (C=O) groups is 2. The zero-order chi connectivity index (χ0) is 26.4. The van der Waals surface area contributed by atoms with Gasteiger partial charge in [-0.2, -0.15) is 0 Å². The molecule has 1 spiro atoms. The van der Waals surface area contributed by atoms with Crippen molar-refractivity contribution in [2.24, 2.45) is 0 Å². The van der Waals surface area contributed by atoms with E-state index in [0.29, 0.717) is 25.1 Å². The second-order valence-electron chi connectivity index (χ2n) is 10.7. The number of urea groups is 1. The van der Waals surface area contributed by atoms with Crippen LogP contribution in [0.2, 0.25) is 0 Å². The van der Waals surface area contributed by atoms with E-state index >= 15 is 0 Å². The van der Waals surface area contributed by atoms with Crippen molar-refractivity contribution in [3.8, 4) is 0 Å². The number of anilines is 1. The highest BCUT2D eigenvalue weighted by atomic mass is 19.1. The Kier molecular flexibility index (Phi) is 6.59. The molecule has 4 fully saturated rings. The van der Waals surface area contributed by atoms with E-state index in [9.17, 15) is 19.1 Å². The summed E-state index contributed by atoms with van der Waals surface area (Å²) >= 11 is 0. The van der Waals surface area contributed by atoms with E-state index in [0.717, 1.165) is 42.4 Å². The standard InChI is InChI=1S/C28H33FN4O5/c1-30-26(36)31-20-6-11-23-18(14-20)12-13-28(23)25-33(27(37-25)38-28)16-24(35)32(21-7-9-22(34)10-8-21)15-17-2-4-19(29)5-3-17/h2-6,11,14,21-22,25,27,34H,7-10,12-13,15-16H2,1H3,(H2,30,31,36)/t21?,22?,25?,27-,28+/m0/s1. The van der Waals surface area contributed by atoms with Crippen LogP contribution in [0, 0.1) is 5.82 Å². The van der Waals surface area contributed by atoms with E-state index in [1.807, 2.05) is 28.0 Å². The molecule has 10 heteroatoms. The minimum atomic E-state index is -0.636. The number of aryl methyl sites for hydroxylation is 1. The molecule has 3 amide bonds. The second-order valence-corrected chi connectivity index (χ2v) is 10.7. The third-order valence-electron chi connectivity index (χ3n) is 8.35. The van der Waals surface area contributed by atoms with Gasteiger partial charge in [-0.25, -0.2) is 14.1 Å². The van der Waals surface area contributed by atoms with Gasteiger partial charge in [-0.3, -0.25) is 4.79 Å². The van der Waals surface area contributed by atoms with Crippen LogP contribution in [-0.4, -0.2) is 65.2 Å². The zero-order valence-corrected chi connectivity index (χ0v) is 21.4. The molecule has 9 nitrogen and oxygen atoms in total. The molecule has 202 valence electrons. The predicted octanol–water partition coefficient (Wildman–Crippen LogP) is 3.02. The van der Waals surface area contributed by atoms with Gasteiger partial charge < -0.3 is 30.1 Å². The predicted molar refractivity (Wildman–Crippen MR) is 136 cm³/mol. The van der Waals surface area contributed by atoms with Gasteiger partial charge in [0.05, 0.1) is 12.6 Å². The Morgan fingerprint density at radius 1 is 1.16 bits per heavy atom. The van der Waals surface area contributed by atoms with E-state index < -0.39 is 12.0 Å². The number of aliphatic hydroxyl groups excluding tert-OH is 1. The van der Waals surface area contributed by atoms with Crippen LogP contribution in [0.1, 0.15) is 48.8 Å². The summed E-state index contributed by atoms with van der Waals surface area (Å²) in [7, 11) is 1.57. The first kappa shape index (κ1) is 25.2. The molecule has 0 aromatic heterocycles. The number of benzene rings is 2. The van der Waals surface area contributed by atoms with Gasteiger partial charge in [-0.15, -0.1) is 0 Å². The van der Waals surface area contributed by atoms with Gasteiger partial charge in [-0.05, 0) is 79.5 Å². The second kappa shape index (κ2) is 9.92. The van der Waals surface area contributed by atoms with Gasteiger partial charge in [0.2, 0.25) is 12.3 Å².